The molecule has 2 amide bonds. The lowest BCUT2D eigenvalue weighted by Gasteiger charge is -2.25. The van der Waals surface area contributed by atoms with Gasteiger partial charge in [-0.3, -0.25) is 9.59 Å². The summed E-state index contributed by atoms with van der Waals surface area (Å²) in [6.45, 7) is 5.05. The van der Waals surface area contributed by atoms with Gasteiger partial charge in [0.1, 0.15) is 0 Å². The predicted octanol–water partition coefficient (Wildman–Crippen LogP) is 3.39. The van der Waals surface area contributed by atoms with Crippen LogP contribution < -0.4 is 10.6 Å². The molecule has 1 fully saturated rings. The summed E-state index contributed by atoms with van der Waals surface area (Å²) in [5.41, 5.74) is 1.93. The number of piperidine rings is 1. The van der Waals surface area contributed by atoms with Crippen molar-refractivity contribution in [2.24, 2.45) is 5.92 Å². The van der Waals surface area contributed by atoms with E-state index >= 15 is 0 Å². The fraction of sp³-hybridized carbons (Fsp3) is 0.391. The molecular formula is C23H29N3O4S. The van der Waals surface area contributed by atoms with Gasteiger partial charge in [0.2, 0.25) is 15.9 Å². The van der Waals surface area contributed by atoms with Crippen LogP contribution in [-0.4, -0.2) is 37.6 Å². The highest BCUT2D eigenvalue weighted by Crippen LogP contribution is 2.21. The van der Waals surface area contributed by atoms with Crippen LogP contribution in [0.4, 0.5) is 5.69 Å². The molecule has 0 bridgehead atoms. The first-order valence-electron chi connectivity index (χ1n) is 10.6. The van der Waals surface area contributed by atoms with Crippen molar-refractivity contribution in [1.29, 1.82) is 0 Å². The van der Waals surface area contributed by atoms with Crippen molar-refractivity contribution in [3.63, 3.8) is 0 Å². The summed E-state index contributed by atoms with van der Waals surface area (Å²) < 4.78 is 27.0. The first kappa shape index (κ1) is 23.0. The molecule has 1 heterocycles. The number of amides is 2. The van der Waals surface area contributed by atoms with Crippen molar-refractivity contribution in [1.82, 2.24) is 9.62 Å². The summed E-state index contributed by atoms with van der Waals surface area (Å²) in [6, 6.07) is 13.3. The van der Waals surface area contributed by atoms with Gasteiger partial charge < -0.3 is 10.6 Å². The number of carbonyl (C=O) groups excluding carboxylic acids is 2. The van der Waals surface area contributed by atoms with Crippen LogP contribution in [0.2, 0.25) is 0 Å². The zero-order valence-electron chi connectivity index (χ0n) is 17.9. The van der Waals surface area contributed by atoms with Crippen molar-refractivity contribution < 1.29 is 18.0 Å². The van der Waals surface area contributed by atoms with Gasteiger partial charge in [0.05, 0.1) is 4.90 Å². The number of sulfonamides is 1. The Morgan fingerprint density at radius 1 is 0.935 bits per heavy atom. The van der Waals surface area contributed by atoms with Crippen molar-refractivity contribution in [3.8, 4) is 0 Å². The smallest absolute Gasteiger partial charge is 0.251 e. The van der Waals surface area contributed by atoms with E-state index in [4.69, 9.17) is 0 Å². The first-order chi connectivity index (χ1) is 14.8. The third kappa shape index (κ3) is 5.92. The van der Waals surface area contributed by atoms with E-state index in [0.717, 1.165) is 24.8 Å². The molecule has 1 saturated heterocycles. The van der Waals surface area contributed by atoms with Crippen LogP contribution in [-0.2, 0) is 21.4 Å². The van der Waals surface area contributed by atoms with Gasteiger partial charge in [-0.05, 0) is 54.8 Å². The lowest BCUT2D eigenvalue weighted by Crippen LogP contribution is -2.35. The molecule has 1 aliphatic rings. The second-order valence-electron chi connectivity index (χ2n) is 8.01. The van der Waals surface area contributed by atoms with Crippen LogP contribution in [0.25, 0.3) is 0 Å². The summed E-state index contributed by atoms with van der Waals surface area (Å²) in [5.74, 6) is -0.445. The summed E-state index contributed by atoms with van der Waals surface area (Å²) >= 11 is 0. The normalized spacial score (nSPS) is 14.9. The second-order valence-corrected chi connectivity index (χ2v) is 9.95. The van der Waals surface area contributed by atoms with Gasteiger partial charge in [0.25, 0.3) is 5.91 Å². The maximum Gasteiger partial charge on any atom is 0.251 e. The first-order valence-corrected chi connectivity index (χ1v) is 12.0. The van der Waals surface area contributed by atoms with Crippen molar-refractivity contribution in [2.75, 3.05) is 18.4 Å². The summed E-state index contributed by atoms with van der Waals surface area (Å²) in [5, 5.41) is 5.61. The second kappa shape index (κ2) is 10.1. The van der Waals surface area contributed by atoms with E-state index in [-0.39, 0.29) is 29.2 Å². The van der Waals surface area contributed by atoms with E-state index in [1.54, 1.807) is 52.8 Å². The van der Waals surface area contributed by atoms with E-state index in [0.29, 0.717) is 24.3 Å². The maximum atomic E-state index is 12.7. The molecule has 2 aromatic carbocycles. The number of hydrogen-bond donors (Lipinski definition) is 2. The molecule has 166 valence electrons. The van der Waals surface area contributed by atoms with Crippen molar-refractivity contribution >= 4 is 27.5 Å². The Bertz CT molecular complexity index is 1010. The van der Waals surface area contributed by atoms with Crippen LogP contribution in [0.3, 0.4) is 0 Å². The van der Waals surface area contributed by atoms with Crippen LogP contribution in [0.1, 0.15) is 49.0 Å². The number of rotatable bonds is 7. The molecule has 0 aliphatic carbocycles. The Labute approximate surface area is 183 Å². The SMILES string of the molecule is CC(C)C(=O)Nc1ccc(C(=O)NCc2ccc(S(=O)(=O)N3CCCCC3)cc2)cc1. The predicted molar refractivity (Wildman–Crippen MR) is 120 cm³/mol. The third-order valence-electron chi connectivity index (χ3n) is 5.27. The Balaban J connectivity index is 1.56. The van der Waals surface area contributed by atoms with E-state index < -0.39 is 10.0 Å². The van der Waals surface area contributed by atoms with Crippen LogP contribution in [0, 0.1) is 5.92 Å². The van der Waals surface area contributed by atoms with Crippen LogP contribution in [0.5, 0.6) is 0 Å². The topological polar surface area (TPSA) is 95.6 Å². The van der Waals surface area contributed by atoms with Gasteiger partial charge in [-0.2, -0.15) is 4.31 Å². The zero-order chi connectivity index (χ0) is 22.4. The number of hydrogen-bond acceptors (Lipinski definition) is 4. The van der Waals surface area contributed by atoms with Crippen molar-refractivity contribution in [3.05, 3.63) is 59.7 Å². The maximum absolute atomic E-state index is 12.7. The molecule has 0 radical (unpaired) electrons. The number of anilines is 1. The van der Waals surface area contributed by atoms with Gasteiger partial charge in [-0.15, -0.1) is 0 Å². The minimum atomic E-state index is -3.46. The molecule has 31 heavy (non-hydrogen) atoms. The molecular weight excluding hydrogens is 414 g/mol. The fourth-order valence-electron chi connectivity index (χ4n) is 3.31. The minimum absolute atomic E-state index is 0.0806. The fourth-order valence-corrected chi connectivity index (χ4v) is 4.83. The molecule has 0 aromatic heterocycles. The quantitative estimate of drug-likeness (QED) is 0.686. The molecule has 7 nitrogen and oxygen atoms in total. The van der Waals surface area contributed by atoms with E-state index in [1.807, 2.05) is 13.8 Å². The van der Waals surface area contributed by atoms with Gasteiger partial charge in [-0.25, -0.2) is 8.42 Å². The molecule has 0 atom stereocenters. The van der Waals surface area contributed by atoms with Gasteiger partial charge in [-0.1, -0.05) is 32.4 Å². The number of benzene rings is 2. The Morgan fingerprint density at radius 2 is 1.55 bits per heavy atom. The molecule has 8 heteroatoms. The van der Waals surface area contributed by atoms with E-state index in [9.17, 15) is 18.0 Å². The Kier molecular flexibility index (Phi) is 7.46. The lowest BCUT2D eigenvalue weighted by molar-refractivity contribution is -0.118. The number of nitrogens with one attached hydrogen (secondary N) is 2. The monoisotopic (exact) mass is 443 g/mol. The molecule has 0 unspecified atom stereocenters. The molecule has 0 saturated carbocycles. The average molecular weight is 444 g/mol. The summed E-state index contributed by atoms with van der Waals surface area (Å²) in [4.78, 5) is 24.4. The highest BCUT2D eigenvalue weighted by atomic mass is 32.2. The zero-order valence-corrected chi connectivity index (χ0v) is 18.7. The Hall–Kier alpha value is -2.71. The minimum Gasteiger partial charge on any atom is -0.348 e. The molecule has 3 rings (SSSR count). The molecule has 2 aromatic rings. The number of carbonyl (C=O) groups is 2. The van der Waals surface area contributed by atoms with E-state index in [1.165, 1.54) is 0 Å². The average Bonchev–Trinajstić information content (AvgIpc) is 2.78. The third-order valence-corrected chi connectivity index (χ3v) is 7.18. The molecule has 2 N–H and O–H groups in total. The molecule has 1 aliphatic heterocycles. The van der Waals surface area contributed by atoms with E-state index in [2.05, 4.69) is 10.6 Å². The van der Waals surface area contributed by atoms with Gasteiger partial charge >= 0.3 is 0 Å². The highest BCUT2D eigenvalue weighted by Gasteiger charge is 2.25. The van der Waals surface area contributed by atoms with Crippen molar-refractivity contribution in [2.45, 2.75) is 44.6 Å². The van der Waals surface area contributed by atoms with Crippen LogP contribution >= 0.6 is 0 Å². The molecule has 0 spiro atoms. The number of nitrogens with zero attached hydrogens (tertiary/aromatic N) is 1. The summed E-state index contributed by atoms with van der Waals surface area (Å²) in [6.07, 6.45) is 2.86. The van der Waals surface area contributed by atoms with Crippen LogP contribution in [0.15, 0.2) is 53.4 Å². The largest absolute Gasteiger partial charge is 0.348 e. The highest BCUT2D eigenvalue weighted by molar-refractivity contribution is 7.89. The summed E-state index contributed by atoms with van der Waals surface area (Å²) in [7, 11) is -3.46. The van der Waals surface area contributed by atoms with Gasteiger partial charge in [0.15, 0.2) is 0 Å². The lowest BCUT2D eigenvalue weighted by atomic mass is 10.1. The standard InChI is InChI=1S/C23H29N3O4S/c1-17(2)22(27)25-20-10-8-19(9-11-20)23(28)24-16-18-6-12-21(13-7-18)31(29,30)26-14-4-3-5-15-26/h6-13,17H,3-5,14-16H2,1-2H3,(H,24,28)(H,25,27). The Morgan fingerprint density at radius 3 is 2.13 bits per heavy atom. The van der Waals surface area contributed by atoms with Gasteiger partial charge in [0, 0.05) is 36.8 Å².